The molecule has 164 valence electrons. The van der Waals surface area contributed by atoms with Gasteiger partial charge in [-0.2, -0.15) is 0 Å². The van der Waals surface area contributed by atoms with E-state index in [0.717, 1.165) is 17.5 Å². The van der Waals surface area contributed by atoms with Crippen LogP contribution >= 0.6 is 9.24 Å². The van der Waals surface area contributed by atoms with Crippen molar-refractivity contribution in [3.8, 4) is 0 Å². The molecule has 0 aromatic heterocycles. The molecule has 27 heavy (non-hydrogen) atoms. The zero-order chi connectivity index (χ0) is 20.2. The third kappa shape index (κ3) is 17.0. The highest BCUT2D eigenvalue weighted by Gasteiger charge is 2.20. The summed E-state index contributed by atoms with van der Waals surface area (Å²) in [6.45, 7) is 9.38. The van der Waals surface area contributed by atoms with Gasteiger partial charge in [-0.05, 0) is 30.3 Å². The van der Waals surface area contributed by atoms with Crippen molar-refractivity contribution >= 4 is 9.24 Å². The van der Waals surface area contributed by atoms with Crippen molar-refractivity contribution in [1.82, 2.24) is 0 Å². The highest BCUT2D eigenvalue weighted by molar-refractivity contribution is 7.17. The molecule has 4 atom stereocenters. The SMILES string of the molecule is CCCCCCCC(CCCC)C(CCCC)CCCCC(P)CCCC. The molecule has 0 bridgehead atoms. The van der Waals surface area contributed by atoms with Crippen LogP contribution in [0.3, 0.4) is 0 Å². The van der Waals surface area contributed by atoms with Gasteiger partial charge in [-0.3, -0.25) is 0 Å². The third-order valence-electron chi connectivity index (χ3n) is 6.53. The molecule has 0 nitrogen and oxygen atoms in total. The van der Waals surface area contributed by atoms with Crippen LogP contribution in [0, 0.1) is 11.8 Å². The largest absolute Gasteiger partial charge is 0.134 e. The standard InChI is InChI=1S/C26H55P/c1-5-9-13-14-15-20-24(18-10-6-2)25(19-11-7-3)21-16-17-23-26(27)22-12-8-4/h24-26H,5-23,27H2,1-4H3. The predicted octanol–water partition coefficient (Wildman–Crippen LogP) is 9.95. The fourth-order valence-electron chi connectivity index (χ4n) is 4.60. The maximum atomic E-state index is 3.11. The van der Waals surface area contributed by atoms with Crippen molar-refractivity contribution in [1.29, 1.82) is 0 Å². The van der Waals surface area contributed by atoms with Crippen molar-refractivity contribution in [3.63, 3.8) is 0 Å². The van der Waals surface area contributed by atoms with Gasteiger partial charge in [0, 0.05) is 0 Å². The number of hydrogen-bond donors (Lipinski definition) is 0. The van der Waals surface area contributed by atoms with E-state index in [1.54, 1.807) is 0 Å². The average molecular weight is 399 g/mol. The zero-order valence-corrected chi connectivity index (χ0v) is 20.9. The Hall–Kier alpha value is 0.430. The summed E-state index contributed by atoms with van der Waals surface area (Å²) in [6, 6.07) is 0. The summed E-state index contributed by atoms with van der Waals surface area (Å²) in [7, 11) is 3.11. The minimum atomic E-state index is 0.869. The molecular formula is C26H55P. The first-order chi connectivity index (χ1) is 13.2. The topological polar surface area (TPSA) is 0 Å². The highest BCUT2D eigenvalue weighted by atomic mass is 31.0. The highest BCUT2D eigenvalue weighted by Crippen LogP contribution is 2.33. The number of rotatable bonds is 21. The molecule has 1 heteroatoms. The normalized spacial score (nSPS) is 15.0. The molecule has 0 aromatic carbocycles. The van der Waals surface area contributed by atoms with Crippen molar-refractivity contribution in [3.05, 3.63) is 0 Å². The predicted molar refractivity (Wildman–Crippen MR) is 131 cm³/mol. The fraction of sp³-hybridized carbons (Fsp3) is 1.00. The Morgan fingerprint density at radius 1 is 0.407 bits per heavy atom. The molecule has 0 aromatic rings. The van der Waals surface area contributed by atoms with Crippen molar-refractivity contribution < 1.29 is 0 Å². The van der Waals surface area contributed by atoms with Gasteiger partial charge < -0.3 is 0 Å². The summed E-state index contributed by atoms with van der Waals surface area (Å²) in [5.41, 5.74) is 0.869. The van der Waals surface area contributed by atoms with Crippen LogP contribution in [0.1, 0.15) is 150 Å². The van der Waals surface area contributed by atoms with Crippen LogP contribution in [0.5, 0.6) is 0 Å². The summed E-state index contributed by atoms with van der Waals surface area (Å²) in [5.74, 6) is 2.03. The van der Waals surface area contributed by atoms with E-state index in [1.165, 1.54) is 122 Å². The average Bonchev–Trinajstić information content (AvgIpc) is 2.68. The summed E-state index contributed by atoms with van der Waals surface area (Å²) < 4.78 is 0. The second kappa shape index (κ2) is 21.1. The third-order valence-corrected chi connectivity index (χ3v) is 7.20. The van der Waals surface area contributed by atoms with Crippen molar-refractivity contribution in [2.45, 2.75) is 155 Å². The summed E-state index contributed by atoms with van der Waals surface area (Å²) in [6.07, 6.45) is 27.4. The second-order valence-electron chi connectivity index (χ2n) is 9.19. The van der Waals surface area contributed by atoms with Crippen molar-refractivity contribution in [2.75, 3.05) is 0 Å². The molecule has 0 aliphatic heterocycles. The Morgan fingerprint density at radius 3 is 1.26 bits per heavy atom. The van der Waals surface area contributed by atoms with Gasteiger partial charge in [0.05, 0.1) is 0 Å². The van der Waals surface area contributed by atoms with Crippen LogP contribution in [0.15, 0.2) is 0 Å². The lowest BCUT2D eigenvalue weighted by Crippen LogP contribution is -2.16. The van der Waals surface area contributed by atoms with Gasteiger partial charge in [-0.25, -0.2) is 0 Å². The fourth-order valence-corrected chi connectivity index (χ4v) is 5.07. The molecule has 0 N–H and O–H groups in total. The van der Waals surface area contributed by atoms with Gasteiger partial charge in [0.15, 0.2) is 0 Å². The molecular weight excluding hydrogens is 343 g/mol. The van der Waals surface area contributed by atoms with Gasteiger partial charge in [0.25, 0.3) is 0 Å². The lowest BCUT2D eigenvalue weighted by Gasteiger charge is -2.28. The van der Waals surface area contributed by atoms with E-state index in [-0.39, 0.29) is 0 Å². The molecule has 0 saturated heterocycles. The van der Waals surface area contributed by atoms with Gasteiger partial charge >= 0.3 is 0 Å². The van der Waals surface area contributed by atoms with E-state index < -0.39 is 0 Å². The monoisotopic (exact) mass is 398 g/mol. The molecule has 0 amide bonds. The van der Waals surface area contributed by atoms with E-state index in [0.29, 0.717) is 0 Å². The van der Waals surface area contributed by atoms with Crippen LogP contribution in [0.4, 0.5) is 0 Å². The van der Waals surface area contributed by atoms with E-state index in [9.17, 15) is 0 Å². The molecule has 0 saturated carbocycles. The van der Waals surface area contributed by atoms with Gasteiger partial charge in [-0.15, -0.1) is 9.24 Å². The Kier molecular flexibility index (Phi) is 21.5. The molecule has 0 heterocycles. The van der Waals surface area contributed by atoms with E-state index in [2.05, 4.69) is 36.9 Å². The smallest absolute Gasteiger partial charge is 0.0264 e. The Morgan fingerprint density at radius 2 is 0.741 bits per heavy atom. The molecule has 0 spiro atoms. The molecule has 4 unspecified atom stereocenters. The lowest BCUT2D eigenvalue weighted by molar-refractivity contribution is 0.239. The van der Waals surface area contributed by atoms with E-state index in [4.69, 9.17) is 0 Å². The van der Waals surface area contributed by atoms with Crippen LogP contribution in [-0.2, 0) is 0 Å². The summed E-state index contributed by atoms with van der Waals surface area (Å²) in [4.78, 5) is 0. The van der Waals surface area contributed by atoms with Gasteiger partial charge in [0.2, 0.25) is 0 Å². The Balaban J connectivity index is 4.37. The second-order valence-corrected chi connectivity index (χ2v) is 10.1. The summed E-state index contributed by atoms with van der Waals surface area (Å²) in [5, 5.41) is 0. The number of hydrogen-bond acceptors (Lipinski definition) is 0. The van der Waals surface area contributed by atoms with Crippen molar-refractivity contribution in [2.24, 2.45) is 11.8 Å². The Labute approximate surface area is 176 Å². The van der Waals surface area contributed by atoms with Crippen LogP contribution in [0.25, 0.3) is 0 Å². The Bertz CT molecular complexity index is 275. The first-order valence-electron chi connectivity index (χ1n) is 12.9. The minimum absolute atomic E-state index is 0.869. The first-order valence-corrected chi connectivity index (χ1v) is 13.6. The van der Waals surface area contributed by atoms with Gasteiger partial charge in [-0.1, -0.05) is 137 Å². The lowest BCUT2D eigenvalue weighted by atomic mass is 9.78. The quantitative estimate of drug-likeness (QED) is 0.133. The van der Waals surface area contributed by atoms with E-state index >= 15 is 0 Å². The van der Waals surface area contributed by atoms with Crippen LogP contribution in [0.2, 0.25) is 0 Å². The van der Waals surface area contributed by atoms with Crippen LogP contribution < -0.4 is 0 Å². The van der Waals surface area contributed by atoms with Crippen LogP contribution in [-0.4, -0.2) is 5.66 Å². The molecule has 0 rings (SSSR count). The summed E-state index contributed by atoms with van der Waals surface area (Å²) >= 11 is 0. The number of unbranched alkanes of at least 4 members (excludes halogenated alkanes) is 8. The molecule has 0 aliphatic rings. The van der Waals surface area contributed by atoms with E-state index in [1.807, 2.05) is 0 Å². The minimum Gasteiger partial charge on any atom is -0.134 e. The maximum Gasteiger partial charge on any atom is -0.0264 e. The molecule has 0 radical (unpaired) electrons. The maximum absolute atomic E-state index is 3.11. The van der Waals surface area contributed by atoms with Gasteiger partial charge in [0.1, 0.15) is 0 Å². The molecule has 0 aliphatic carbocycles. The zero-order valence-electron chi connectivity index (χ0n) is 19.7. The first kappa shape index (κ1) is 27.4. The molecule has 0 fully saturated rings.